The average molecular weight is 507 g/mol. The van der Waals surface area contributed by atoms with E-state index in [4.69, 9.17) is 11.6 Å². The van der Waals surface area contributed by atoms with Crippen molar-refractivity contribution in [2.24, 2.45) is 5.10 Å². The Bertz CT molecular complexity index is 1140. The van der Waals surface area contributed by atoms with E-state index in [0.29, 0.717) is 10.7 Å². The highest BCUT2D eigenvalue weighted by Crippen LogP contribution is 2.25. The van der Waals surface area contributed by atoms with Gasteiger partial charge in [-0.25, -0.2) is 13.8 Å². The van der Waals surface area contributed by atoms with Crippen LogP contribution in [0.4, 0.5) is 5.69 Å². The predicted octanol–water partition coefficient (Wildman–Crippen LogP) is 4.45. The van der Waals surface area contributed by atoms with Gasteiger partial charge in [-0.05, 0) is 54.1 Å². The minimum atomic E-state index is -3.97. The van der Waals surface area contributed by atoms with E-state index in [1.54, 1.807) is 42.5 Å². The van der Waals surface area contributed by atoms with Gasteiger partial charge in [0.25, 0.3) is 15.9 Å². The third-order valence-electron chi connectivity index (χ3n) is 4.01. The number of benzene rings is 3. The number of halogens is 2. The summed E-state index contributed by atoms with van der Waals surface area (Å²) in [6.07, 6.45) is 1.47. The van der Waals surface area contributed by atoms with Crippen molar-refractivity contribution in [3.05, 3.63) is 93.9 Å². The highest BCUT2D eigenvalue weighted by atomic mass is 79.9. The van der Waals surface area contributed by atoms with E-state index in [2.05, 4.69) is 26.5 Å². The Morgan fingerprint density at radius 3 is 2.27 bits per heavy atom. The molecule has 6 nitrogen and oxygen atoms in total. The normalized spacial score (nSPS) is 11.4. The molecule has 3 aromatic carbocycles. The maximum absolute atomic E-state index is 13.2. The molecule has 0 unspecified atom stereocenters. The molecule has 0 heterocycles. The van der Waals surface area contributed by atoms with Crippen LogP contribution in [0.5, 0.6) is 0 Å². The Hall–Kier alpha value is -2.68. The van der Waals surface area contributed by atoms with Gasteiger partial charge < -0.3 is 0 Å². The largest absolute Gasteiger partial charge is 0.271 e. The Labute approximate surface area is 188 Å². The molecule has 3 aromatic rings. The van der Waals surface area contributed by atoms with Gasteiger partial charge in [0, 0.05) is 9.50 Å². The molecule has 0 atom stereocenters. The lowest BCUT2D eigenvalue weighted by atomic mass is 10.2. The molecule has 9 heteroatoms. The first kappa shape index (κ1) is 22.0. The van der Waals surface area contributed by atoms with Gasteiger partial charge in [-0.3, -0.25) is 9.10 Å². The molecule has 1 N–H and O–H groups in total. The number of hydrazone groups is 1. The van der Waals surface area contributed by atoms with Crippen LogP contribution in [-0.4, -0.2) is 27.1 Å². The van der Waals surface area contributed by atoms with Gasteiger partial charge in [-0.15, -0.1) is 0 Å². The minimum absolute atomic E-state index is 0.0751. The molecule has 0 spiro atoms. The Morgan fingerprint density at radius 2 is 1.63 bits per heavy atom. The second kappa shape index (κ2) is 9.88. The van der Waals surface area contributed by atoms with Crippen LogP contribution in [0.2, 0.25) is 5.02 Å². The first-order valence-electron chi connectivity index (χ1n) is 8.77. The van der Waals surface area contributed by atoms with Crippen LogP contribution in [-0.2, 0) is 14.8 Å². The van der Waals surface area contributed by atoms with Crippen molar-refractivity contribution < 1.29 is 13.2 Å². The van der Waals surface area contributed by atoms with Crippen LogP contribution in [0, 0.1) is 0 Å². The van der Waals surface area contributed by atoms with E-state index in [-0.39, 0.29) is 4.90 Å². The summed E-state index contributed by atoms with van der Waals surface area (Å²) < 4.78 is 28.2. The van der Waals surface area contributed by atoms with Crippen molar-refractivity contribution in [2.45, 2.75) is 4.90 Å². The van der Waals surface area contributed by atoms with Crippen molar-refractivity contribution in [3.8, 4) is 0 Å². The quantitative estimate of drug-likeness (QED) is 0.380. The molecule has 0 aliphatic carbocycles. The third-order valence-corrected chi connectivity index (χ3v) is 6.57. The molecule has 0 saturated heterocycles. The summed E-state index contributed by atoms with van der Waals surface area (Å²) >= 11 is 9.26. The number of nitrogens with one attached hydrogen (secondary N) is 1. The fourth-order valence-corrected chi connectivity index (χ4v) is 4.37. The molecule has 30 heavy (non-hydrogen) atoms. The zero-order chi connectivity index (χ0) is 21.6. The lowest BCUT2D eigenvalue weighted by Crippen LogP contribution is -2.39. The number of anilines is 1. The fourth-order valence-electron chi connectivity index (χ4n) is 2.54. The van der Waals surface area contributed by atoms with Crippen molar-refractivity contribution in [1.82, 2.24) is 5.43 Å². The zero-order valence-corrected chi connectivity index (χ0v) is 18.7. The maximum atomic E-state index is 13.2. The monoisotopic (exact) mass is 505 g/mol. The smallest absolute Gasteiger partial charge is 0.264 e. The summed E-state index contributed by atoms with van der Waals surface area (Å²) in [6.45, 7) is -0.448. The van der Waals surface area contributed by atoms with Gasteiger partial charge >= 0.3 is 0 Å². The van der Waals surface area contributed by atoms with Crippen LogP contribution in [0.25, 0.3) is 0 Å². The summed E-state index contributed by atoms with van der Waals surface area (Å²) in [4.78, 5) is 12.5. The van der Waals surface area contributed by atoms with E-state index in [1.165, 1.54) is 18.3 Å². The van der Waals surface area contributed by atoms with Gasteiger partial charge in [0.05, 0.1) is 16.8 Å². The Morgan fingerprint density at radius 1 is 1.00 bits per heavy atom. The number of sulfonamides is 1. The van der Waals surface area contributed by atoms with Gasteiger partial charge in [0.2, 0.25) is 0 Å². The van der Waals surface area contributed by atoms with E-state index < -0.39 is 22.5 Å². The van der Waals surface area contributed by atoms with Gasteiger partial charge in [0.15, 0.2) is 0 Å². The van der Waals surface area contributed by atoms with Gasteiger partial charge in [-0.2, -0.15) is 5.10 Å². The van der Waals surface area contributed by atoms with Gasteiger partial charge in [-0.1, -0.05) is 57.9 Å². The summed E-state index contributed by atoms with van der Waals surface area (Å²) in [5, 5.41) is 4.36. The van der Waals surface area contributed by atoms with E-state index in [1.807, 2.05) is 24.3 Å². The maximum Gasteiger partial charge on any atom is 0.264 e. The second-order valence-electron chi connectivity index (χ2n) is 6.15. The van der Waals surface area contributed by atoms with E-state index >= 15 is 0 Å². The second-order valence-corrected chi connectivity index (χ2v) is 9.36. The van der Waals surface area contributed by atoms with E-state index in [0.717, 1.165) is 14.3 Å². The van der Waals surface area contributed by atoms with Crippen LogP contribution < -0.4 is 9.73 Å². The van der Waals surface area contributed by atoms with Crippen molar-refractivity contribution in [3.63, 3.8) is 0 Å². The molecule has 3 rings (SSSR count). The lowest BCUT2D eigenvalue weighted by Gasteiger charge is -2.23. The molecule has 0 aliphatic heterocycles. The lowest BCUT2D eigenvalue weighted by molar-refractivity contribution is -0.119. The molecular formula is C21H17BrClN3O3S. The predicted molar refractivity (Wildman–Crippen MR) is 122 cm³/mol. The first-order chi connectivity index (χ1) is 14.4. The molecule has 0 bridgehead atoms. The van der Waals surface area contributed by atoms with Crippen LogP contribution in [0.1, 0.15) is 5.56 Å². The van der Waals surface area contributed by atoms with Crippen molar-refractivity contribution >= 4 is 55.4 Å². The van der Waals surface area contributed by atoms with Crippen LogP contribution in [0.15, 0.2) is 93.3 Å². The molecular weight excluding hydrogens is 490 g/mol. The summed E-state index contributed by atoms with van der Waals surface area (Å²) in [6, 6.07) is 21.4. The molecule has 154 valence electrons. The van der Waals surface area contributed by atoms with Crippen LogP contribution in [0.3, 0.4) is 0 Å². The molecule has 0 aliphatic rings. The standard InChI is InChI=1S/C21H17BrClN3O3S/c22-17-8-6-16(7-9-17)14-24-25-21(27)15-26(19-12-10-18(23)11-13-19)30(28,29)20-4-2-1-3-5-20/h1-14H,15H2,(H,25,27)/b24-14-. The number of nitrogens with zero attached hydrogens (tertiary/aromatic N) is 2. The molecule has 0 aromatic heterocycles. The topological polar surface area (TPSA) is 78.8 Å². The molecule has 0 fully saturated rings. The molecule has 0 saturated carbocycles. The SMILES string of the molecule is O=C(CN(c1ccc(Cl)cc1)S(=O)(=O)c1ccccc1)N/N=C\c1ccc(Br)cc1. The fraction of sp³-hybridized carbons (Fsp3) is 0.0476. The van der Waals surface area contributed by atoms with Gasteiger partial charge in [0.1, 0.15) is 6.54 Å². The number of rotatable bonds is 7. The van der Waals surface area contributed by atoms with Crippen molar-refractivity contribution in [2.75, 3.05) is 10.8 Å². The molecule has 1 amide bonds. The summed E-state index contributed by atoms with van der Waals surface area (Å²) in [7, 11) is -3.97. The highest BCUT2D eigenvalue weighted by Gasteiger charge is 2.27. The number of hydrogen-bond acceptors (Lipinski definition) is 4. The minimum Gasteiger partial charge on any atom is -0.271 e. The van der Waals surface area contributed by atoms with E-state index in [9.17, 15) is 13.2 Å². The Balaban J connectivity index is 1.81. The third kappa shape index (κ3) is 5.69. The average Bonchev–Trinajstić information content (AvgIpc) is 2.75. The highest BCUT2D eigenvalue weighted by molar-refractivity contribution is 9.10. The summed E-state index contributed by atoms with van der Waals surface area (Å²) in [5.41, 5.74) is 3.47. The van der Waals surface area contributed by atoms with Crippen molar-refractivity contribution in [1.29, 1.82) is 0 Å². The molecule has 0 radical (unpaired) electrons. The Kier molecular flexibility index (Phi) is 7.25. The summed E-state index contributed by atoms with van der Waals surface area (Å²) in [5.74, 6) is -0.585. The number of amides is 1. The first-order valence-corrected chi connectivity index (χ1v) is 11.4. The zero-order valence-electron chi connectivity index (χ0n) is 15.6. The number of carbonyl (C=O) groups excluding carboxylic acids is 1. The number of carbonyl (C=O) groups is 1. The number of hydrogen-bond donors (Lipinski definition) is 1. The van der Waals surface area contributed by atoms with Crippen LogP contribution >= 0.6 is 27.5 Å².